The zero-order valence-corrected chi connectivity index (χ0v) is 18.7. The molecule has 0 amide bonds. The molecule has 1 aliphatic rings. The van der Waals surface area contributed by atoms with E-state index in [1.54, 1.807) is 0 Å². The zero-order chi connectivity index (χ0) is 20.8. The molecule has 3 aromatic rings. The van der Waals surface area contributed by atoms with Crippen molar-refractivity contribution >= 4 is 34.7 Å². The van der Waals surface area contributed by atoms with Crippen LogP contribution in [0.25, 0.3) is 0 Å². The summed E-state index contributed by atoms with van der Waals surface area (Å²) in [5.74, 6) is 0. The van der Waals surface area contributed by atoms with Gasteiger partial charge in [0.15, 0.2) is 0 Å². The van der Waals surface area contributed by atoms with Gasteiger partial charge in [0.2, 0.25) is 0 Å². The van der Waals surface area contributed by atoms with Crippen molar-refractivity contribution < 1.29 is 26.7 Å². The minimum Gasteiger partial charge on any atom is -0.542 e. The van der Waals surface area contributed by atoms with Gasteiger partial charge in [0, 0.05) is 0 Å². The Balaban J connectivity index is 0.000000424. The van der Waals surface area contributed by atoms with Crippen LogP contribution in [0.4, 0.5) is 0 Å². The first-order valence-corrected chi connectivity index (χ1v) is 11.0. The molecule has 0 aromatic heterocycles. The summed E-state index contributed by atoms with van der Waals surface area (Å²) in [6.45, 7) is -1.02. The minimum atomic E-state index is -2.34. The third-order valence-corrected chi connectivity index (χ3v) is 7.65. The molecule has 2 nitrogen and oxygen atoms in total. The summed E-state index contributed by atoms with van der Waals surface area (Å²) < 4.78 is 0. The molecule has 152 valence electrons. The molecule has 3 aromatic carbocycles. The summed E-state index contributed by atoms with van der Waals surface area (Å²) in [5.41, 5.74) is 2.43. The van der Waals surface area contributed by atoms with Crippen molar-refractivity contribution in [3.05, 3.63) is 115 Å². The van der Waals surface area contributed by atoms with Crippen molar-refractivity contribution in [3.8, 4) is 0 Å². The number of hydrogen-bond donors (Lipinski definition) is 0. The average molecular weight is 454 g/mol. The number of carbonyl (C=O) groups excluding carboxylic acids is 2. The molecule has 0 spiro atoms. The first-order valence-electron chi connectivity index (χ1n) is 9.25. The number of allylic oxidation sites excluding steroid dienone is 4. The van der Waals surface area contributed by atoms with Gasteiger partial charge in [-0.1, -0.05) is 91.0 Å². The van der Waals surface area contributed by atoms with E-state index in [1.165, 1.54) is 13.2 Å². The number of rotatable bonds is 3. The van der Waals surface area contributed by atoms with Crippen LogP contribution in [0.5, 0.6) is 0 Å². The molecule has 0 saturated heterocycles. The first-order chi connectivity index (χ1) is 14.3. The second-order valence-electron chi connectivity index (χ2n) is 5.98. The third kappa shape index (κ3) is 6.70. The van der Waals surface area contributed by atoms with Gasteiger partial charge in [-0.25, -0.2) is 16.9 Å². The molecular weight excluding hydrogens is 431 g/mol. The molecule has 0 radical (unpaired) electrons. The Morgan fingerprint density at radius 2 is 1.17 bits per heavy atom. The predicted molar refractivity (Wildman–Crippen MR) is 124 cm³/mol. The summed E-state index contributed by atoms with van der Waals surface area (Å²) >= 11 is 0. The average Bonchev–Trinajstić information content (AvgIpc) is 3.38. The fourth-order valence-corrected chi connectivity index (χ4v) is 5.97. The van der Waals surface area contributed by atoms with E-state index in [0.29, 0.717) is 0 Å². The third-order valence-electron chi connectivity index (χ3n) is 4.15. The van der Waals surface area contributed by atoms with Crippen LogP contribution in [-0.4, -0.2) is 11.9 Å². The standard InChI is InChI=1S/C19H15OP.C5H5.C2H3O.Fe/c20-16-21(17-10-4-1-5-11-17,18-12-6-2-7-13-18)19-14-8-3-9-15-19;1-2-4-5-3-1;1-2-3;/h1-15H;1-3H,4H2;1H3;/q;2*-1;+2. The number of hydrogen-bond acceptors (Lipinski definition) is 2. The van der Waals surface area contributed by atoms with Crippen LogP contribution in [0, 0.1) is 6.08 Å². The van der Waals surface area contributed by atoms with Crippen molar-refractivity contribution in [3.63, 3.8) is 0 Å². The maximum absolute atomic E-state index is 12.2. The summed E-state index contributed by atoms with van der Waals surface area (Å²) in [7, 11) is 0. The van der Waals surface area contributed by atoms with Crippen molar-refractivity contribution in [2.45, 2.75) is 13.3 Å². The van der Waals surface area contributed by atoms with E-state index >= 15 is 0 Å². The Labute approximate surface area is 189 Å². The second kappa shape index (κ2) is 14.3. The largest absolute Gasteiger partial charge is 2.00 e. The van der Waals surface area contributed by atoms with Gasteiger partial charge >= 0.3 is 17.1 Å². The summed E-state index contributed by atoms with van der Waals surface area (Å²) in [5, 5.41) is 3.12. The molecule has 1 aliphatic carbocycles. The molecule has 0 aliphatic heterocycles. The molecule has 0 heterocycles. The maximum atomic E-state index is 12.2. The monoisotopic (exact) mass is 454 g/mol. The Bertz CT molecular complexity index is 893. The Hall–Kier alpha value is -2.66. The van der Waals surface area contributed by atoms with E-state index in [1.807, 2.05) is 103 Å². The molecule has 0 unspecified atom stereocenters. The van der Waals surface area contributed by atoms with Crippen molar-refractivity contribution in [2.24, 2.45) is 0 Å². The normalized spacial score (nSPS) is 11.0. The van der Waals surface area contributed by atoms with Gasteiger partial charge in [-0.3, -0.25) is 12.4 Å². The predicted octanol–water partition coefficient (Wildman–Crippen LogP) is 4.47. The smallest absolute Gasteiger partial charge is 0.542 e. The van der Waals surface area contributed by atoms with Gasteiger partial charge in [-0.05, 0) is 15.9 Å². The van der Waals surface area contributed by atoms with E-state index < -0.39 is 6.89 Å². The van der Waals surface area contributed by atoms with Crippen molar-refractivity contribution in [2.75, 3.05) is 0 Å². The molecule has 0 N–H and O–H groups in total. The van der Waals surface area contributed by atoms with Crippen molar-refractivity contribution in [1.82, 2.24) is 0 Å². The van der Waals surface area contributed by atoms with Crippen LogP contribution in [0.2, 0.25) is 0 Å². The summed E-state index contributed by atoms with van der Waals surface area (Å²) in [6, 6.07) is 29.9. The van der Waals surface area contributed by atoms with E-state index in [9.17, 15) is 4.79 Å². The topological polar surface area (TPSA) is 34.1 Å². The van der Waals surface area contributed by atoms with Gasteiger partial charge in [-0.15, -0.1) is 6.42 Å². The van der Waals surface area contributed by atoms with Crippen LogP contribution in [0.3, 0.4) is 0 Å². The Morgan fingerprint density at radius 1 is 0.800 bits per heavy atom. The summed E-state index contributed by atoms with van der Waals surface area (Å²) in [6.07, 6.45) is 11.5. The molecule has 0 saturated carbocycles. The summed E-state index contributed by atoms with van der Waals surface area (Å²) in [4.78, 5) is 20.8. The number of benzene rings is 3. The van der Waals surface area contributed by atoms with Gasteiger partial charge in [0.25, 0.3) is 0 Å². The van der Waals surface area contributed by atoms with Crippen LogP contribution in [-0.2, 0) is 26.7 Å². The maximum Gasteiger partial charge on any atom is 2.00 e. The van der Waals surface area contributed by atoms with Crippen LogP contribution >= 0.6 is 6.89 Å². The van der Waals surface area contributed by atoms with E-state index in [2.05, 4.69) is 17.8 Å². The molecule has 30 heavy (non-hydrogen) atoms. The fourth-order valence-electron chi connectivity index (χ4n) is 2.90. The van der Waals surface area contributed by atoms with Gasteiger partial charge in [0.05, 0.1) is 6.89 Å². The molecular formula is C26H23FeO2P. The van der Waals surface area contributed by atoms with E-state index in [-0.39, 0.29) is 17.1 Å². The molecule has 0 bridgehead atoms. The Morgan fingerprint density at radius 3 is 1.37 bits per heavy atom. The minimum absolute atomic E-state index is 0. The quantitative estimate of drug-likeness (QED) is 0.333. The van der Waals surface area contributed by atoms with E-state index in [4.69, 9.17) is 4.79 Å². The second-order valence-corrected chi connectivity index (χ2v) is 9.05. The van der Waals surface area contributed by atoms with Gasteiger partial charge in [0.1, 0.15) is 5.66 Å². The van der Waals surface area contributed by atoms with Crippen LogP contribution < -0.4 is 15.9 Å². The van der Waals surface area contributed by atoms with Crippen LogP contribution in [0.15, 0.2) is 109 Å². The Kier molecular flexibility index (Phi) is 12.1. The molecule has 4 heteroatoms. The van der Waals surface area contributed by atoms with Crippen molar-refractivity contribution in [1.29, 1.82) is 0 Å². The molecule has 0 fully saturated rings. The SMILES string of the molecule is C[C-]=O.O=C=P(c1ccccc1)(c1ccccc1)c1ccccc1.[C-]1=CC=CC1.[Fe+2]. The van der Waals surface area contributed by atoms with Gasteiger partial charge < -0.3 is 4.79 Å². The van der Waals surface area contributed by atoms with E-state index in [0.717, 1.165) is 22.3 Å². The molecule has 4 rings (SSSR count). The van der Waals surface area contributed by atoms with Crippen LogP contribution in [0.1, 0.15) is 13.3 Å². The van der Waals surface area contributed by atoms with Gasteiger partial charge in [-0.2, -0.15) is 13.0 Å². The molecule has 0 atom stereocenters. The zero-order valence-electron chi connectivity index (χ0n) is 16.7. The fraction of sp³-hybridized carbons (Fsp3) is 0.0769. The first kappa shape index (κ1) is 25.4.